The van der Waals surface area contributed by atoms with Crippen molar-refractivity contribution in [2.45, 2.75) is 155 Å². The summed E-state index contributed by atoms with van der Waals surface area (Å²) in [4.78, 5) is 69.2. The normalized spacial score (nSPS) is 10.6. The van der Waals surface area contributed by atoms with Gasteiger partial charge in [0, 0.05) is 54.5 Å². The Morgan fingerprint density at radius 3 is 0.855 bits per heavy atom. The third kappa shape index (κ3) is 34.8. The van der Waals surface area contributed by atoms with E-state index >= 15 is 0 Å². The Bertz CT molecular complexity index is 6170. The second-order valence-electron chi connectivity index (χ2n) is 32.9. The minimum Gasteiger partial charge on any atom is -0.489 e. The van der Waals surface area contributed by atoms with Gasteiger partial charge >= 0.3 is 42.7 Å². The minimum atomic E-state index is -4.57. The fourth-order valence-electron chi connectivity index (χ4n) is 13.8. The summed E-state index contributed by atoms with van der Waals surface area (Å²) in [5, 5.41) is 62.1. The van der Waals surface area contributed by atoms with Gasteiger partial charge in [0.25, 0.3) is 6.43 Å². The minimum absolute atomic E-state index is 0.0148. The maximum absolute atomic E-state index is 13.4. The first-order chi connectivity index (χ1) is 68.5. The maximum Gasteiger partial charge on any atom is 0.438 e. The Hall–Kier alpha value is -14.8. The van der Waals surface area contributed by atoms with Gasteiger partial charge in [-0.1, -0.05) is 184 Å². The summed E-state index contributed by atoms with van der Waals surface area (Å²) in [6, 6.07) is 59.9. The molecule has 0 spiro atoms. The summed E-state index contributed by atoms with van der Waals surface area (Å²) in [5.41, 5.74) is 15.6. The highest BCUT2D eigenvalue weighted by atomic mass is 79.9. The molecular weight excluding hydrogens is 1980 g/mol. The molecule has 0 saturated heterocycles. The molecule has 6 amide bonds. The molecule has 12 aromatic carbocycles. The molecule has 0 aliphatic carbocycles. The Morgan fingerprint density at radius 2 is 0.559 bits per heavy atom. The number of amides is 6. The van der Waals surface area contributed by atoms with Crippen LogP contribution in [-0.2, 0) is 74.2 Å². The van der Waals surface area contributed by atoms with E-state index in [4.69, 9.17) is 40.0 Å². The lowest BCUT2D eigenvalue weighted by molar-refractivity contribution is -0.137. The lowest BCUT2D eigenvalue weighted by Gasteiger charge is -2.20. The van der Waals surface area contributed by atoms with Gasteiger partial charge in [0.15, 0.2) is 0 Å². The highest BCUT2D eigenvalue weighted by molar-refractivity contribution is 9.10. The number of hydroxylamine groups is 6. The molecule has 0 aliphatic heterocycles. The number of rotatable bonds is 26. The van der Waals surface area contributed by atoms with E-state index in [-0.39, 0.29) is 100 Å². The van der Waals surface area contributed by atoms with Gasteiger partial charge in [-0.2, -0.15) is 43.6 Å². The fraction of sp³-hybridized carbons (Fsp3) is 0.271. The summed E-state index contributed by atoms with van der Waals surface area (Å²) in [5.74, 6) is 3.69. The zero-order valence-corrected chi connectivity index (χ0v) is 85.8. The molecular formula is C107H116BrClF6N6O24. The number of ether oxygens (including phenoxy) is 12. The predicted octanol–water partition coefficient (Wildman–Crippen LogP) is 27.7. The maximum atomic E-state index is 13.4. The van der Waals surface area contributed by atoms with Gasteiger partial charge in [0.1, 0.15) is 80.0 Å². The number of benzene rings is 12. The van der Waals surface area contributed by atoms with Crippen LogP contribution in [0.5, 0.6) is 34.5 Å². The number of anilines is 6. The predicted molar refractivity (Wildman–Crippen MR) is 537 cm³/mol. The number of hydrogen-bond acceptors (Lipinski definition) is 24. The molecule has 12 rings (SSSR count). The SMILES string of the molecule is COC(=O)N(O)c1cc(Br)ccc1COc1ccc(C)cc1C.COC(=O)N(O)c1cc(C(C)C)ccc1COc1ccc(C)cc1C.COC(=O)N(O)c1cc(Cl)ccc1COc1ccc(C)cc1C.COC(=O)N(O)c1cc(F)ccc1COc1ccc(C)cc1C.COC(=O)N(O)c1ccc(C(F)(F)F)cc1COc1ccc(C)cc1C.COC(=O)N(O)c1ccc(C(F)F)cc1COc1ccc(C)cc1C. The van der Waals surface area contributed by atoms with Crippen molar-refractivity contribution in [3.8, 4) is 34.5 Å². The van der Waals surface area contributed by atoms with Crippen LogP contribution in [-0.4, -0.2) is 110 Å². The number of hydrogen-bond donors (Lipinski definition) is 6. The smallest absolute Gasteiger partial charge is 0.438 e. The van der Waals surface area contributed by atoms with Crippen molar-refractivity contribution in [2.24, 2.45) is 0 Å². The average molecular weight is 2100 g/mol. The monoisotopic (exact) mass is 2100 g/mol. The summed E-state index contributed by atoms with van der Waals surface area (Å²) < 4.78 is 140. The molecule has 0 radical (unpaired) electrons. The van der Waals surface area contributed by atoms with E-state index in [1.807, 2.05) is 212 Å². The van der Waals surface area contributed by atoms with Gasteiger partial charge in [-0.25, -0.2) is 41.9 Å². The van der Waals surface area contributed by atoms with Gasteiger partial charge in [0.2, 0.25) is 0 Å². The molecule has 6 N–H and O–H groups in total. The molecule has 0 saturated carbocycles. The molecule has 145 heavy (non-hydrogen) atoms. The zero-order chi connectivity index (χ0) is 108. The van der Waals surface area contributed by atoms with Gasteiger partial charge in [0.05, 0.1) is 82.3 Å². The van der Waals surface area contributed by atoms with Crippen LogP contribution >= 0.6 is 27.5 Å². The number of halogens is 8. The molecule has 12 aromatic rings. The molecule has 774 valence electrons. The quantitative estimate of drug-likeness (QED) is 0.0127. The van der Waals surface area contributed by atoms with Crippen LogP contribution in [0, 0.1) is 88.9 Å². The lowest BCUT2D eigenvalue weighted by Crippen LogP contribution is -2.28. The van der Waals surface area contributed by atoms with E-state index in [2.05, 4.69) is 44.4 Å². The van der Waals surface area contributed by atoms with Crippen molar-refractivity contribution < 1.29 is 143 Å². The molecule has 0 atom stereocenters. The van der Waals surface area contributed by atoms with Crippen molar-refractivity contribution in [3.05, 3.63) is 351 Å². The third-order valence-electron chi connectivity index (χ3n) is 21.4. The van der Waals surface area contributed by atoms with E-state index in [1.54, 1.807) is 42.5 Å². The molecule has 0 unspecified atom stereocenters. The topological polar surface area (TPSA) is 354 Å². The number of carbonyl (C=O) groups is 6. The Morgan fingerprint density at radius 1 is 0.303 bits per heavy atom. The van der Waals surface area contributed by atoms with E-state index in [0.717, 1.165) is 140 Å². The zero-order valence-electron chi connectivity index (χ0n) is 83.4. The Balaban J connectivity index is 0.000000236. The number of methoxy groups -OCH3 is 6. The van der Waals surface area contributed by atoms with Crippen molar-refractivity contribution in [1.29, 1.82) is 0 Å². The van der Waals surface area contributed by atoms with Crippen LogP contribution in [0.3, 0.4) is 0 Å². The Labute approximate surface area is 849 Å². The van der Waals surface area contributed by atoms with E-state index in [9.17, 15) is 86.4 Å². The molecule has 0 aliphatic rings. The number of nitrogens with zero attached hydrogens (tertiary/aromatic N) is 6. The number of carbonyl (C=O) groups excluding carboxylic acids is 6. The molecule has 0 heterocycles. The Kier molecular flexibility index (Phi) is 45.0. The lowest BCUT2D eigenvalue weighted by atomic mass is 10.0. The van der Waals surface area contributed by atoms with Crippen molar-refractivity contribution in [3.63, 3.8) is 0 Å². The second kappa shape index (κ2) is 55.7. The van der Waals surface area contributed by atoms with Crippen LogP contribution < -0.4 is 58.8 Å². The van der Waals surface area contributed by atoms with Crippen LogP contribution in [0.15, 0.2) is 223 Å². The molecule has 38 heteroatoms. The van der Waals surface area contributed by atoms with Gasteiger partial charge in [-0.15, -0.1) is 0 Å². The number of alkyl halides is 5. The third-order valence-corrected chi connectivity index (χ3v) is 22.1. The molecule has 0 bridgehead atoms. The average Bonchev–Trinajstić information content (AvgIpc) is 0.832. The van der Waals surface area contributed by atoms with E-state index in [0.29, 0.717) is 71.1 Å². The van der Waals surface area contributed by atoms with Gasteiger partial charge in [-0.05, 0) is 231 Å². The first-order valence-corrected chi connectivity index (χ1v) is 45.4. The van der Waals surface area contributed by atoms with Crippen molar-refractivity contribution >= 4 is 98.2 Å². The standard InChI is InChI=1S/C20H25NO4.C18H18F3NO4.C18H19F2NO4.C17H18BrNO4.C17H18ClNO4.C17H18FNO4/c1-13(2)16-7-8-17(18(11-16)21(23)20(22)24-5)12-25-19-9-6-14(3)10-15(19)4;1-11-4-7-16(12(2)8-11)26-10-13-9-14(18(19,20)21)5-6-15(13)22(24)17(23)25-3;1-11-4-7-16(12(2)8-11)25-10-14-9-13(17(19)20)5-6-15(14)21(23)18(22)24-3;3*1-11-4-7-16(12(2)8-11)23-10-13-5-6-14(18)9-15(13)19(21)17(20)22-3/h6-11,13,23H,12H2,1-5H3;4-9,24H,10H2,1-3H3;4-9,17,23H,10H2,1-3H3;3*4-9,21H,10H2,1-3H3. The summed E-state index contributed by atoms with van der Waals surface area (Å²) in [7, 11) is 6.88. The van der Waals surface area contributed by atoms with Crippen molar-refractivity contribution in [1.82, 2.24) is 0 Å². The van der Waals surface area contributed by atoms with Gasteiger partial charge < -0.3 is 56.8 Å². The largest absolute Gasteiger partial charge is 0.489 e. The van der Waals surface area contributed by atoms with E-state index in [1.165, 1.54) is 57.2 Å². The van der Waals surface area contributed by atoms with Crippen LogP contribution in [0.1, 0.15) is 143 Å². The van der Waals surface area contributed by atoms with Crippen LogP contribution in [0.25, 0.3) is 0 Å². The van der Waals surface area contributed by atoms with Crippen molar-refractivity contribution in [2.75, 3.05) is 73.0 Å². The molecule has 0 fully saturated rings. The number of aryl methyl sites for hydroxylation is 12. The summed E-state index contributed by atoms with van der Waals surface area (Å²) in [6.07, 6.45) is -13.0. The van der Waals surface area contributed by atoms with Crippen LogP contribution in [0.4, 0.5) is 89.2 Å². The van der Waals surface area contributed by atoms with Crippen LogP contribution in [0.2, 0.25) is 5.02 Å². The first-order valence-electron chi connectivity index (χ1n) is 44.3. The highest BCUT2D eigenvalue weighted by Gasteiger charge is 2.33. The van der Waals surface area contributed by atoms with E-state index < -0.39 is 60.5 Å². The molecule has 0 aromatic heterocycles. The first kappa shape index (κ1) is 117. The molecule has 30 nitrogen and oxygen atoms in total. The highest BCUT2D eigenvalue weighted by Crippen LogP contribution is 2.38. The summed E-state index contributed by atoms with van der Waals surface area (Å²) in [6.45, 7) is 27.8. The fourth-order valence-corrected chi connectivity index (χ4v) is 14.3. The van der Waals surface area contributed by atoms with Gasteiger partial charge in [-0.3, -0.25) is 31.2 Å². The summed E-state index contributed by atoms with van der Waals surface area (Å²) >= 11 is 9.26. The second-order valence-corrected chi connectivity index (χ2v) is 34.3.